The maximum atomic E-state index is 13.3. The van der Waals surface area contributed by atoms with E-state index >= 15 is 0 Å². The van der Waals surface area contributed by atoms with Crippen LogP contribution in [0.4, 0.5) is 5.69 Å². The summed E-state index contributed by atoms with van der Waals surface area (Å²) >= 11 is 6.25. The van der Waals surface area contributed by atoms with Crippen LogP contribution in [0.5, 0.6) is 0 Å². The number of halogens is 1. The van der Waals surface area contributed by atoms with Crippen LogP contribution in [0.2, 0.25) is 5.02 Å². The predicted molar refractivity (Wildman–Crippen MR) is 142 cm³/mol. The number of aromatic nitrogens is 3. The summed E-state index contributed by atoms with van der Waals surface area (Å²) in [5.41, 5.74) is 6.31. The third-order valence-electron chi connectivity index (χ3n) is 6.42. The topological polar surface area (TPSA) is 72.2 Å². The Hall–Kier alpha value is -3.58. The fraction of sp³-hybridized carbons (Fsp3) is 0.296. The van der Waals surface area contributed by atoms with E-state index in [-0.39, 0.29) is 24.4 Å². The van der Waals surface area contributed by atoms with Gasteiger partial charge in [0.25, 0.3) is 5.56 Å². The third-order valence-corrected chi connectivity index (χ3v) is 6.65. The number of nitrogens with zero attached hydrogens (tertiary/aromatic N) is 4. The van der Waals surface area contributed by atoms with E-state index < -0.39 is 0 Å². The van der Waals surface area contributed by atoms with Crippen LogP contribution in [-0.4, -0.2) is 34.1 Å². The van der Waals surface area contributed by atoms with Crippen molar-refractivity contribution < 1.29 is 4.79 Å². The molecule has 4 rings (SSSR count). The molecule has 2 aromatic carbocycles. The Bertz CT molecular complexity index is 1450. The lowest BCUT2D eigenvalue weighted by molar-refractivity contribution is -0.121. The second-order valence-electron chi connectivity index (χ2n) is 9.01. The van der Waals surface area contributed by atoms with Crippen molar-refractivity contribution in [1.29, 1.82) is 0 Å². The van der Waals surface area contributed by atoms with Gasteiger partial charge in [-0.25, -0.2) is 4.98 Å². The van der Waals surface area contributed by atoms with E-state index in [0.29, 0.717) is 22.6 Å². The second kappa shape index (κ2) is 9.96. The van der Waals surface area contributed by atoms with Crippen molar-refractivity contribution in [3.8, 4) is 5.69 Å². The number of hydrogen-bond donors (Lipinski definition) is 1. The SMILES string of the molecule is Cc1ccc(Cl)cc1-n1c(C)c(C)c2c(=O)n(CCC(=O)NCc3ccc(N(C)C)cc3)cnc21. The normalized spacial score (nSPS) is 11.1. The average molecular weight is 492 g/mol. The maximum Gasteiger partial charge on any atom is 0.263 e. The molecule has 4 aromatic rings. The summed E-state index contributed by atoms with van der Waals surface area (Å²) in [7, 11) is 3.97. The van der Waals surface area contributed by atoms with Crippen LogP contribution in [0, 0.1) is 20.8 Å². The van der Waals surface area contributed by atoms with Gasteiger partial charge >= 0.3 is 0 Å². The molecule has 0 bridgehead atoms. The molecule has 0 atom stereocenters. The number of aryl methyl sites for hydroxylation is 3. The van der Waals surface area contributed by atoms with Crippen LogP contribution in [0.3, 0.4) is 0 Å². The minimum Gasteiger partial charge on any atom is -0.378 e. The number of hydrogen-bond acceptors (Lipinski definition) is 4. The van der Waals surface area contributed by atoms with Gasteiger partial charge in [-0.1, -0.05) is 29.8 Å². The molecule has 1 amide bonds. The first-order valence-electron chi connectivity index (χ1n) is 11.5. The number of carbonyl (C=O) groups excluding carboxylic acids is 1. The third kappa shape index (κ3) is 4.95. The molecule has 0 spiro atoms. The molecule has 182 valence electrons. The van der Waals surface area contributed by atoms with Crippen molar-refractivity contribution in [1.82, 2.24) is 19.4 Å². The summed E-state index contributed by atoms with van der Waals surface area (Å²) < 4.78 is 3.49. The minimum absolute atomic E-state index is 0.117. The highest BCUT2D eigenvalue weighted by atomic mass is 35.5. The molecule has 8 heteroatoms. The molecule has 0 aliphatic rings. The molecule has 0 radical (unpaired) electrons. The first-order chi connectivity index (χ1) is 16.7. The molecule has 2 aromatic heterocycles. The Balaban J connectivity index is 1.51. The van der Waals surface area contributed by atoms with E-state index in [0.717, 1.165) is 33.8 Å². The Morgan fingerprint density at radius 3 is 2.49 bits per heavy atom. The smallest absolute Gasteiger partial charge is 0.263 e. The van der Waals surface area contributed by atoms with Crippen LogP contribution in [0.15, 0.2) is 53.6 Å². The number of fused-ring (bicyclic) bond motifs is 1. The summed E-state index contributed by atoms with van der Waals surface area (Å²) in [5.74, 6) is -0.117. The molecule has 0 saturated heterocycles. The van der Waals surface area contributed by atoms with Crippen LogP contribution in [0.25, 0.3) is 16.7 Å². The quantitative estimate of drug-likeness (QED) is 0.412. The summed E-state index contributed by atoms with van der Waals surface area (Å²) in [6.45, 7) is 6.60. The van der Waals surface area contributed by atoms with E-state index in [1.165, 1.54) is 10.9 Å². The summed E-state index contributed by atoms with van der Waals surface area (Å²) in [6, 6.07) is 13.7. The van der Waals surface area contributed by atoms with Crippen molar-refractivity contribution in [2.75, 3.05) is 19.0 Å². The highest BCUT2D eigenvalue weighted by molar-refractivity contribution is 6.30. The van der Waals surface area contributed by atoms with Gasteiger partial charge in [-0.15, -0.1) is 0 Å². The molecule has 0 aliphatic carbocycles. The fourth-order valence-corrected chi connectivity index (χ4v) is 4.35. The number of rotatable bonds is 7. The van der Waals surface area contributed by atoms with Gasteiger partial charge in [0.2, 0.25) is 5.91 Å². The zero-order valence-corrected chi connectivity index (χ0v) is 21.5. The fourth-order valence-electron chi connectivity index (χ4n) is 4.19. The number of anilines is 1. The molecule has 0 saturated carbocycles. The lowest BCUT2D eigenvalue weighted by atomic mass is 10.2. The zero-order valence-electron chi connectivity index (χ0n) is 20.7. The molecule has 1 N–H and O–H groups in total. The van der Waals surface area contributed by atoms with E-state index in [2.05, 4.69) is 10.3 Å². The zero-order chi connectivity index (χ0) is 25.3. The summed E-state index contributed by atoms with van der Waals surface area (Å²) in [5, 5.41) is 4.11. The number of amides is 1. The molecular weight excluding hydrogens is 462 g/mol. The van der Waals surface area contributed by atoms with Crippen LogP contribution < -0.4 is 15.8 Å². The van der Waals surface area contributed by atoms with Crippen molar-refractivity contribution in [3.05, 3.63) is 86.6 Å². The van der Waals surface area contributed by atoms with E-state index in [1.54, 1.807) is 0 Å². The van der Waals surface area contributed by atoms with Gasteiger partial charge in [0, 0.05) is 50.0 Å². The van der Waals surface area contributed by atoms with E-state index in [4.69, 9.17) is 11.6 Å². The highest BCUT2D eigenvalue weighted by Crippen LogP contribution is 2.28. The van der Waals surface area contributed by atoms with E-state index in [1.807, 2.05) is 86.8 Å². The largest absolute Gasteiger partial charge is 0.378 e. The Kier molecular flexibility index (Phi) is 6.98. The Morgan fingerprint density at radius 2 is 1.80 bits per heavy atom. The lowest BCUT2D eigenvalue weighted by Gasteiger charge is -2.13. The number of benzene rings is 2. The average Bonchev–Trinajstić information content (AvgIpc) is 3.09. The predicted octanol–water partition coefficient (Wildman–Crippen LogP) is 4.54. The highest BCUT2D eigenvalue weighted by Gasteiger charge is 2.19. The number of nitrogens with one attached hydrogen (secondary N) is 1. The lowest BCUT2D eigenvalue weighted by Crippen LogP contribution is -2.27. The van der Waals surface area contributed by atoms with Crippen LogP contribution >= 0.6 is 11.6 Å². The monoisotopic (exact) mass is 491 g/mol. The van der Waals surface area contributed by atoms with Gasteiger partial charge in [0.15, 0.2) is 5.65 Å². The molecule has 0 aliphatic heterocycles. The molecule has 0 unspecified atom stereocenters. The van der Waals surface area contributed by atoms with Crippen molar-refractivity contribution in [2.24, 2.45) is 0 Å². The van der Waals surface area contributed by atoms with Crippen LogP contribution in [0.1, 0.15) is 28.8 Å². The Morgan fingerprint density at radius 1 is 1.09 bits per heavy atom. The minimum atomic E-state index is -0.152. The molecule has 35 heavy (non-hydrogen) atoms. The van der Waals surface area contributed by atoms with E-state index in [9.17, 15) is 9.59 Å². The van der Waals surface area contributed by atoms with Gasteiger partial charge < -0.3 is 10.2 Å². The van der Waals surface area contributed by atoms with Gasteiger partial charge in [-0.05, 0) is 61.7 Å². The molecule has 2 heterocycles. The summed E-state index contributed by atoms with van der Waals surface area (Å²) in [4.78, 5) is 32.4. The molecular formula is C27H30ClN5O2. The van der Waals surface area contributed by atoms with Crippen molar-refractivity contribution in [2.45, 2.75) is 40.3 Å². The first kappa shape index (κ1) is 24.5. The van der Waals surface area contributed by atoms with Gasteiger partial charge in [0.05, 0.1) is 17.4 Å². The molecule has 0 fully saturated rings. The van der Waals surface area contributed by atoms with Gasteiger partial charge in [-0.2, -0.15) is 0 Å². The summed E-state index contributed by atoms with van der Waals surface area (Å²) in [6.07, 6.45) is 1.71. The standard InChI is InChI=1S/C27H30ClN5O2/c1-17-6-9-21(28)14-23(17)33-19(3)18(2)25-26(33)30-16-32(27(25)35)13-12-24(34)29-15-20-7-10-22(11-8-20)31(4)5/h6-11,14,16H,12-13,15H2,1-5H3,(H,29,34). The van der Waals surface area contributed by atoms with Gasteiger partial charge in [0.1, 0.15) is 0 Å². The number of carbonyl (C=O) groups is 1. The maximum absolute atomic E-state index is 13.3. The Labute approximate surface area is 210 Å². The van der Waals surface area contributed by atoms with Crippen molar-refractivity contribution >= 4 is 34.2 Å². The first-order valence-corrected chi connectivity index (χ1v) is 11.9. The van der Waals surface area contributed by atoms with Crippen molar-refractivity contribution in [3.63, 3.8) is 0 Å². The molecule has 7 nitrogen and oxygen atoms in total. The van der Waals surface area contributed by atoms with Gasteiger partial charge in [-0.3, -0.25) is 18.7 Å². The van der Waals surface area contributed by atoms with Crippen LogP contribution in [-0.2, 0) is 17.9 Å². The second-order valence-corrected chi connectivity index (χ2v) is 9.44.